The third-order valence-corrected chi connectivity index (χ3v) is 2.38. The van der Waals surface area contributed by atoms with Crippen molar-refractivity contribution in [3.05, 3.63) is 29.3 Å². The average Bonchev–Trinajstić information content (AvgIpc) is 2.30. The number of carbonyl (C=O) groups is 1. The van der Waals surface area contributed by atoms with Crippen LogP contribution in [0.5, 0.6) is 0 Å². The minimum absolute atomic E-state index is 0.0582. The van der Waals surface area contributed by atoms with Gasteiger partial charge in [0.15, 0.2) is 23.3 Å². The Morgan fingerprint density at radius 3 is 2.00 bits per heavy atom. The van der Waals surface area contributed by atoms with Crippen LogP contribution in [-0.2, 0) is 4.79 Å². The molecular formula is C11H12F4N2O. The lowest BCUT2D eigenvalue weighted by Crippen LogP contribution is -2.40. The molecule has 1 rings (SSSR count). The van der Waals surface area contributed by atoms with Crippen molar-refractivity contribution >= 4 is 11.6 Å². The highest BCUT2D eigenvalue weighted by Crippen LogP contribution is 2.24. The summed E-state index contributed by atoms with van der Waals surface area (Å²) in [5.74, 6) is -7.75. The number of nitrogens with one attached hydrogen (secondary N) is 1. The molecule has 1 amide bonds. The second-order valence-electron chi connectivity index (χ2n) is 4.10. The molecule has 0 aliphatic rings. The first-order valence-corrected chi connectivity index (χ1v) is 5.15. The Morgan fingerprint density at radius 1 is 1.17 bits per heavy atom. The molecule has 0 radical (unpaired) electrons. The van der Waals surface area contributed by atoms with Crippen LogP contribution in [0.3, 0.4) is 0 Å². The molecule has 0 heterocycles. The Hall–Kier alpha value is -1.63. The van der Waals surface area contributed by atoms with Gasteiger partial charge >= 0.3 is 0 Å². The van der Waals surface area contributed by atoms with Crippen molar-refractivity contribution in [2.24, 2.45) is 11.7 Å². The largest absolute Gasteiger partial charge is 0.320 e. The molecule has 0 spiro atoms. The van der Waals surface area contributed by atoms with Crippen LogP contribution in [-0.4, -0.2) is 11.9 Å². The minimum atomic E-state index is -1.67. The van der Waals surface area contributed by atoms with Crippen LogP contribution in [0.2, 0.25) is 0 Å². The van der Waals surface area contributed by atoms with Crippen molar-refractivity contribution in [2.45, 2.75) is 19.9 Å². The third-order valence-electron chi connectivity index (χ3n) is 2.38. The monoisotopic (exact) mass is 264 g/mol. The molecule has 18 heavy (non-hydrogen) atoms. The van der Waals surface area contributed by atoms with E-state index in [4.69, 9.17) is 5.73 Å². The molecule has 7 heteroatoms. The van der Waals surface area contributed by atoms with Crippen LogP contribution < -0.4 is 11.1 Å². The Balaban J connectivity index is 3.08. The normalized spacial score (nSPS) is 12.7. The number of amides is 1. The summed E-state index contributed by atoms with van der Waals surface area (Å²) in [7, 11) is 0. The Kier molecular flexibility index (Phi) is 4.28. The van der Waals surface area contributed by atoms with Gasteiger partial charge in [-0.05, 0) is 5.92 Å². The summed E-state index contributed by atoms with van der Waals surface area (Å²) in [5.41, 5.74) is 4.27. The number of nitrogens with two attached hydrogens (primary N) is 1. The Morgan fingerprint density at radius 2 is 1.61 bits per heavy atom. The molecule has 3 nitrogen and oxygen atoms in total. The van der Waals surface area contributed by atoms with Crippen LogP contribution in [0, 0.1) is 29.2 Å². The summed E-state index contributed by atoms with van der Waals surface area (Å²) < 4.78 is 52.2. The van der Waals surface area contributed by atoms with E-state index in [1.54, 1.807) is 19.2 Å². The minimum Gasteiger partial charge on any atom is -0.320 e. The van der Waals surface area contributed by atoms with Crippen LogP contribution in [0.1, 0.15) is 13.8 Å². The number of rotatable bonds is 3. The highest BCUT2D eigenvalue weighted by atomic mass is 19.2. The second kappa shape index (κ2) is 5.34. The summed E-state index contributed by atoms with van der Waals surface area (Å²) in [6.45, 7) is 3.23. The molecule has 100 valence electrons. The quantitative estimate of drug-likeness (QED) is 0.649. The van der Waals surface area contributed by atoms with Crippen LogP contribution in [0.25, 0.3) is 0 Å². The van der Waals surface area contributed by atoms with Crippen molar-refractivity contribution in [1.29, 1.82) is 0 Å². The zero-order chi connectivity index (χ0) is 14.0. The zero-order valence-corrected chi connectivity index (χ0v) is 9.73. The number of hydrogen-bond donors (Lipinski definition) is 2. The molecule has 1 aromatic carbocycles. The van der Waals surface area contributed by atoms with Gasteiger partial charge in [0.05, 0.1) is 6.04 Å². The second-order valence-corrected chi connectivity index (χ2v) is 4.10. The van der Waals surface area contributed by atoms with Gasteiger partial charge in [-0.25, -0.2) is 17.6 Å². The zero-order valence-electron chi connectivity index (χ0n) is 9.73. The van der Waals surface area contributed by atoms with Crippen LogP contribution in [0.15, 0.2) is 6.07 Å². The molecule has 0 aliphatic heterocycles. The summed E-state index contributed by atoms with van der Waals surface area (Å²) in [5, 5.41) is 1.75. The fourth-order valence-electron chi connectivity index (χ4n) is 1.19. The fraction of sp³-hybridized carbons (Fsp3) is 0.364. The van der Waals surface area contributed by atoms with Crippen LogP contribution in [0.4, 0.5) is 23.2 Å². The third kappa shape index (κ3) is 2.79. The van der Waals surface area contributed by atoms with Gasteiger partial charge in [-0.3, -0.25) is 4.79 Å². The van der Waals surface area contributed by atoms with Gasteiger partial charge in [0, 0.05) is 6.07 Å². The maximum absolute atomic E-state index is 13.2. The van der Waals surface area contributed by atoms with Gasteiger partial charge in [-0.1, -0.05) is 13.8 Å². The summed E-state index contributed by atoms with van der Waals surface area (Å²) >= 11 is 0. The highest BCUT2D eigenvalue weighted by molar-refractivity contribution is 5.95. The lowest BCUT2D eigenvalue weighted by Gasteiger charge is -2.16. The van der Waals surface area contributed by atoms with Crippen molar-refractivity contribution in [1.82, 2.24) is 0 Å². The van der Waals surface area contributed by atoms with Crippen molar-refractivity contribution in [3.8, 4) is 0 Å². The molecule has 0 bridgehead atoms. The van der Waals surface area contributed by atoms with Gasteiger partial charge in [0.2, 0.25) is 5.91 Å². The lowest BCUT2D eigenvalue weighted by molar-refractivity contribution is -0.118. The number of hydrogen-bond acceptors (Lipinski definition) is 2. The van der Waals surface area contributed by atoms with E-state index in [1.807, 2.05) is 0 Å². The summed E-state index contributed by atoms with van der Waals surface area (Å²) in [4.78, 5) is 11.5. The first-order chi connectivity index (χ1) is 8.25. The molecule has 0 saturated carbocycles. The van der Waals surface area contributed by atoms with Gasteiger partial charge in [-0.2, -0.15) is 0 Å². The first-order valence-electron chi connectivity index (χ1n) is 5.15. The van der Waals surface area contributed by atoms with E-state index in [0.717, 1.165) is 0 Å². The van der Waals surface area contributed by atoms with E-state index in [0.29, 0.717) is 0 Å². The average molecular weight is 264 g/mol. The lowest BCUT2D eigenvalue weighted by atomic mass is 10.0. The predicted octanol–water partition coefficient (Wildman–Crippen LogP) is 2.16. The molecule has 1 atom stereocenters. The maximum atomic E-state index is 13.2. The fourth-order valence-corrected chi connectivity index (χ4v) is 1.19. The van der Waals surface area contributed by atoms with E-state index in [1.165, 1.54) is 0 Å². The van der Waals surface area contributed by atoms with E-state index < -0.39 is 40.9 Å². The van der Waals surface area contributed by atoms with Crippen LogP contribution >= 0.6 is 0 Å². The molecule has 0 saturated heterocycles. The summed E-state index contributed by atoms with van der Waals surface area (Å²) in [6, 6.07) is -0.988. The van der Waals surface area contributed by atoms with Crippen molar-refractivity contribution < 1.29 is 22.4 Å². The molecule has 1 aromatic rings. The maximum Gasteiger partial charge on any atom is 0.241 e. The highest BCUT2D eigenvalue weighted by Gasteiger charge is 2.24. The van der Waals surface area contributed by atoms with E-state index in [9.17, 15) is 22.4 Å². The number of anilines is 1. The van der Waals surface area contributed by atoms with E-state index in [2.05, 4.69) is 0 Å². The molecule has 3 N–H and O–H groups in total. The van der Waals surface area contributed by atoms with Gasteiger partial charge in [-0.15, -0.1) is 0 Å². The number of carbonyl (C=O) groups excluding carboxylic acids is 1. The molecular weight excluding hydrogens is 252 g/mol. The Labute approximate surface area is 101 Å². The number of halogens is 4. The van der Waals surface area contributed by atoms with Gasteiger partial charge < -0.3 is 11.1 Å². The Bertz CT molecular complexity index is 450. The SMILES string of the molecule is CC(C)[C@H](N)C(=O)Nc1c(F)c(F)cc(F)c1F. The smallest absolute Gasteiger partial charge is 0.241 e. The van der Waals surface area contributed by atoms with Crippen molar-refractivity contribution in [3.63, 3.8) is 0 Å². The van der Waals surface area contributed by atoms with Crippen molar-refractivity contribution in [2.75, 3.05) is 5.32 Å². The standard InChI is InChI=1S/C11H12F4N2O/c1-4(2)9(16)11(18)17-10-7(14)5(12)3-6(13)8(10)15/h3-4,9H,16H2,1-2H3,(H,17,18)/t9-/m0/s1. The van der Waals surface area contributed by atoms with Gasteiger partial charge in [0.1, 0.15) is 5.69 Å². The summed E-state index contributed by atoms with van der Waals surface area (Å²) in [6.07, 6.45) is 0. The van der Waals surface area contributed by atoms with E-state index in [-0.39, 0.29) is 12.0 Å². The first kappa shape index (κ1) is 14.4. The molecule has 0 aromatic heterocycles. The predicted molar refractivity (Wildman–Crippen MR) is 57.7 cm³/mol. The molecule has 0 fully saturated rings. The molecule has 0 aliphatic carbocycles. The number of benzene rings is 1. The molecule has 0 unspecified atom stereocenters. The van der Waals surface area contributed by atoms with E-state index >= 15 is 0 Å². The van der Waals surface area contributed by atoms with Gasteiger partial charge in [0.25, 0.3) is 0 Å². The topological polar surface area (TPSA) is 55.1 Å².